The molecule has 0 spiro atoms. The van der Waals surface area contributed by atoms with Gasteiger partial charge in [0.15, 0.2) is 27.3 Å². The van der Waals surface area contributed by atoms with Gasteiger partial charge in [-0.1, -0.05) is 13.0 Å². The number of hydrogen-bond donors (Lipinski definition) is 2. The molecular formula is C24H26F3NO4S. The summed E-state index contributed by atoms with van der Waals surface area (Å²) >= 11 is 0. The van der Waals surface area contributed by atoms with Crippen LogP contribution in [0, 0.1) is 42.1 Å². The number of rotatable bonds is 4. The maximum atomic E-state index is 13.6. The summed E-state index contributed by atoms with van der Waals surface area (Å²) < 4.78 is 67.2. The van der Waals surface area contributed by atoms with Gasteiger partial charge in [0.2, 0.25) is 0 Å². The van der Waals surface area contributed by atoms with Crippen LogP contribution in [0.1, 0.15) is 49.0 Å². The number of carbonyl (C=O) groups is 1. The molecule has 9 heteroatoms. The normalized spacial score (nSPS) is 29.2. The van der Waals surface area contributed by atoms with Gasteiger partial charge in [-0.3, -0.25) is 4.79 Å². The smallest absolute Gasteiger partial charge is 0.255 e. The number of aryl methyl sites for hydroxylation is 1. The van der Waals surface area contributed by atoms with Crippen LogP contribution in [0.3, 0.4) is 0 Å². The first kappa shape index (κ1) is 23.8. The lowest BCUT2D eigenvalue weighted by Gasteiger charge is -2.40. The van der Waals surface area contributed by atoms with Gasteiger partial charge >= 0.3 is 0 Å². The maximum Gasteiger partial charge on any atom is 0.255 e. The van der Waals surface area contributed by atoms with Gasteiger partial charge in [-0.15, -0.1) is 0 Å². The highest BCUT2D eigenvalue weighted by Crippen LogP contribution is 2.54. The Hall–Kier alpha value is -2.39. The van der Waals surface area contributed by atoms with Gasteiger partial charge in [0.05, 0.1) is 15.7 Å². The third kappa shape index (κ3) is 4.05. The van der Waals surface area contributed by atoms with Crippen LogP contribution in [0.2, 0.25) is 0 Å². The molecule has 178 valence electrons. The number of anilines is 1. The number of benzene rings is 2. The van der Waals surface area contributed by atoms with Crippen LogP contribution in [0.4, 0.5) is 18.9 Å². The number of hydrogen-bond acceptors (Lipinski definition) is 4. The van der Waals surface area contributed by atoms with E-state index in [1.54, 1.807) is 13.8 Å². The number of amides is 1. The van der Waals surface area contributed by atoms with E-state index in [2.05, 4.69) is 5.32 Å². The second-order valence-corrected chi connectivity index (χ2v) is 11.8. The molecular weight excluding hydrogens is 455 g/mol. The summed E-state index contributed by atoms with van der Waals surface area (Å²) in [6, 6.07) is 5.47. The maximum absolute atomic E-state index is 13.6. The lowest BCUT2D eigenvalue weighted by molar-refractivity contribution is -0.0466. The third-order valence-electron chi connectivity index (χ3n) is 7.42. The van der Waals surface area contributed by atoms with Crippen LogP contribution in [0.15, 0.2) is 35.2 Å². The van der Waals surface area contributed by atoms with E-state index in [1.807, 2.05) is 6.92 Å². The van der Waals surface area contributed by atoms with E-state index in [0.29, 0.717) is 30.5 Å². The Morgan fingerprint density at radius 2 is 1.73 bits per heavy atom. The number of fused-ring (bicyclic) bond motifs is 2. The van der Waals surface area contributed by atoms with Crippen molar-refractivity contribution in [3.05, 3.63) is 58.9 Å². The molecule has 2 fully saturated rings. The summed E-state index contributed by atoms with van der Waals surface area (Å²) in [4.78, 5) is 12.7. The fourth-order valence-corrected chi connectivity index (χ4v) is 7.66. The number of carbonyl (C=O) groups excluding carboxylic acids is 1. The molecule has 1 amide bonds. The van der Waals surface area contributed by atoms with Gasteiger partial charge in [-0.2, -0.15) is 0 Å². The molecule has 2 aromatic rings. The fraction of sp³-hybridized carbons (Fsp3) is 0.458. The Morgan fingerprint density at radius 3 is 2.33 bits per heavy atom. The minimum absolute atomic E-state index is 0.0107. The van der Waals surface area contributed by atoms with E-state index in [1.165, 1.54) is 18.2 Å². The highest BCUT2D eigenvalue weighted by molar-refractivity contribution is 7.92. The molecule has 0 aliphatic heterocycles. The monoisotopic (exact) mass is 481 g/mol. The van der Waals surface area contributed by atoms with Gasteiger partial charge in [-0.05, 0) is 68.6 Å². The molecule has 0 heterocycles. The predicted octanol–water partition coefficient (Wildman–Crippen LogP) is 4.62. The zero-order chi connectivity index (χ0) is 24.3. The zero-order valence-corrected chi connectivity index (χ0v) is 19.3. The highest BCUT2D eigenvalue weighted by Gasteiger charge is 2.56. The molecule has 2 aliphatic carbocycles. The van der Waals surface area contributed by atoms with Crippen LogP contribution < -0.4 is 5.32 Å². The summed E-state index contributed by atoms with van der Waals surface area (Å²) in [6.45, 7) is 5.45. The Balaban J connectivity index is 1.61. The van der Waals surface area contributed by atoms with Crippen molar-refractivity contribution in [1.29, 1.82) is 0 Å². The predicted molar refractivity (Wildman–Crippen MR) is 117 cm³/mol. The molecule has 33 heavy (non-hydrogen) atoms. The van der Waals surface area contributed by atoms with Crippen molar-refractivity contribution >= 4 is 21.4 Å². The molecule has 2 aliphatic rings. The van der Waals surface area contributed by atoms with Crippen molar-refractivity contribution in [2.45, 2.75) is 55.8 Å². The molecule has 2 N–H and O–H groups in total. The second kappa shape index (κ2) is 8.13. The quantitative estimate of drug-likeness (QED) is 0.624. The summed E-state index contributed by atoms with van der Waals surface area (Å²) in [5, 5.41) is 12.4. The van der Waals surface area contributed by atoms with Crippen molar-refractivity contribution in [2.24, 2.45) is 17.8 Å². The van der Waals surface area contributed by atoms with E-state index < -0.39 is 44.0 Å². The molecule has 3 unspecified atom stereocenters. The van der Waals surface area contributed by atoms with Crippen molar-refractivity contribution in [2.75, 3.05) is 5.32 Å². The Bertz CT molecular complexity index is 1210. The first-order valence-corrected chi connectivity index (χ1v) is 12.4. The van der Waals surface area contributed by atoms with Crippen molar-refractivity contribution < 1.29 is 31.5 Å². The van der Waals surface area contributed by atoms with Crippen LogP contribution in [-0.2, 0) is 9.84 Å². The molecule has 0 radical (unpaired) electrons. The van der Waals surface area contributed by atoms with E-state index in [9.17, 15) is 31.5 Å². The lowest BCUT2D eigenvalue weighted by Crippen LogP contribution is -2.46. The first-order valence-electron chi connectivity index (χ1n) is 10.8. The summed E-state index contributed by atoms with van der Waals surface area (Å²) in [6.07, 6.45) is 1.47. The van der Waals surface area contributed by atoms with Gasteiger partial charge in [0.1, 0.15) is 0 Å². The average molecular weight is 482 g/mol. The first-order chi connectivity index (χ1) is 15.3. The molecule has 0 saturated heterocycles. The van der Waals surface area contributed by atoms with Crippen LogP contribution in [0.25, 0.3) is 0 Å². The summed E-state index contributed by atoms with van der Waals surface area (Å²) in [5.74, 6) is -5.33. The van der Waals surface area contributed by atoms with Gasteiger partial charge in [-0.25, -0.2) is 21.6 Å². The van der Waals surface area contributed by atoms with E-state index in [0.717, 1.165) is 6.42 Å². The van der Waals surface area contributed by atoms with E-state index in [-0.39, 0.29) is 33.9 Å². The van der Waals surface area contributed by atoms with Crippen molar-refractivity contribution in [3.8, 4) is 0 Å². The number of aliphatic hydroxyl groups is 1. The Labute approximate surface area is 190 Å². The van der Waals surface area contributed by atoms with Gasteiger partial charge in [0, 0.05) is 23.4 Å². The number of nitrogens with one attached hydrogen (secondary N) is 1. The second-order valence-electron chi connectivity index (χ2n) is 9.57. The SMILES string of the molecule is Cc1ccc(C(=O)Nc2cc(F)c(F)c(F)c2)cc1S(=O)(=O)C1CC2C[C@H](C)C(C1)[C@]2(C)O. The zero-order valence-electron chi connectivity index (χ0n) is 18.5. The summed E-state index contributed by atoms with van der Waals surface area (Å²) in [7, 11) is -3.80. The molecule has 5 atom stereocenters. The Kier molecular flexibility index (Phi) is 5.85. The van der Waals surface area contributed by atoms with E-state index >= 15 is 0 Å². The summed E-state index contributed by atoms with van der Waals surface area (Å²) in [5.41, 5.74) is -0.713. The highest BCUT2D eigenvalue weighted by atomic mass is 32.2. The fourth-order valence-electron chi connectivity index (χ4n) is 5.54. The largest absolute Gasteiger partial charge is 0.390 e. The van der Waals surface area contributed by atoms with Gasteiger partial charge in [0.25, 0.3) is 5.91 Å². The minimum atomic E-state index is -3.80. The van der Waals surface area contributed by atoms with Crippen LogP contribution in [0.5, 0.6) is 0 Å². The van der Waals surface area contributed by atoms with Crippen molar-refractivity contribution in [3.63, 3.8) is 0 Å². The van der Waals surface area contributed by atoms with Crippen LogP contribution >= 0.6 is 0 Å². The van der Waals surface area contributed by atoms with Crippen molar-refractivity contribution in [1.82, 2.24) is 0 Å². The molecule has 4 rings (SSSR count). The Morgan fingerprint density at radius 1 is 1.09 bits per heavy atom. The molecule has 2 saturated carbocycles. The standard InChI is InChI=1S/C24H26F3NO4S/c1-12-4-5-14(23(29)28-16-9-19(25)22(27)20(26)10-16)7-21(12)33(31,32)17-8-15-6-13(2)18(11-17)24(15,3)30/h4-5,7,9-10,13,15,17-18,30H,6,8,11H2,1-3H3,(H,28,29)/t13-,15?,17?,18?,24+/m0/s1. The number of sulfone groups is 1. The van der Waals surface area contributed by atoms with Crippen LogP contribution in [-0.4, -0.2) is 30.3 Å². The molecule has 2 bridgehead atoms. The lowest BCUT2D eigenvalue weighted by atomic mass is 9.74. The average Bonchev–Trinajstić information content (AvgIpc) is 2.85. The molecule has 5 nitrogen and oxygen atoms in total. The topological polar surface area (TPSA) is 83.5 Å². The van der Waals surface area contributed by atoms with E-state index in [4.69, 9.17) is 0 Å². The van der Waals surface area contributed by atoms with Gasteiger partial charge < -0.3 is 10.4 Å². The molecule has 0 aromatic heterocycles. The number of halogens is 3. The molecule has 2 aromatic carbocycles. The minimum Gasteiger partial charge on any atom is -0.390 e. The third-order valence-corrected chi connectivity index (χ3v) is 9.74.